The van der Waals surface area contributed by atoms with E-state index < -0.39 is 0 Å². The zero-order chi connectivity index (χ0) is 37.8. The first-order chi connectivity index (χ1) is 26.4. The molecule has 1 aliphatic heterocycles. The van der Waals surface area contributed by atoms with Gasteiger partial charge in [0.1, 0.15) is 11.6 Å². The molecule has 5 aromatic carbocycles. The number of methoxy groups -OCH3 is 3. The average Bonchev–Trinajstić information content (AvgIpc) is 3.22. The summed E-state index contributed by atoms with van der Waals surface area (Å²) in [5.41, 5.74) is 6.70. The second kappa shape index (κ2) is 18.3. The SMILES string of the molecule is COc1ccc(CC2(CCCC(CCCNC(=O)CCc3ccc(F)cc3)(c3ccccc3)c3ccccc3)NCCc3cc(OC)c(OC)cc32)cc1. The first-order valence-corrected chi connectivity index (χ1v) is 19.1. The molecule has 1 heterocycles. The van der Waals surface area contributed by atoms with Gasteiger partial charge in [-0.3, -0.25) is 4.79 Å². The van der Waals surface area contributed by atoms with E-state index >= 15 is 0 Å². The van der Waals surface area contributed by atoms with Gasteiger partial charge in [-0.05, 0) is 115 Å². The van der Waals surface area contributed by atoms with Crippen molar-refractivity contribution in [3.05, 3.63) is 161 Å². The van der Waals surface area contributed by atoms with E-state index in [4.69, 9.17) is 14.2 Å². The molecule has 54 heavy (non-hydrogen) atoms. The fourth-order valence-electron chi connectivity index (χ4n) is 8.36. The van der Waals surface area contributed by atoms with Gasteiger partial charge in [-0.1, -0.05) is 91.3 Å². The van der Waals surface area contributed by atoms with Crippen LogP contribution in [0.4, 0.5) is 4.39 Å². The van der Waals surface area contributed by atoms with Crippen LogP contribution >= 0.6 is 0 Å². The highest BCUT2D eigenvalue weighted by molar-refractivity contribution is 5.76. The number of halogens is 1. The molecule has 0 aromatic heterocycles. The van der Waals surface area contributed by atoms with Gasteiger partial charge in [0.2, 0.25) is 5.91 Å². The predicted octanol–water partition coefficient (Wildman–Crippen LogP) is 9.12. The Kier molecular flexibility index (Phi) is 13.0. The average molecular weight is 729 g/mol. The number of carbonyl (C=O) groups is 1. The molecule has 282 valence electrons. The molecule has 0 fully saturated rings. The number of nitrogens with one attached hydrogen (secondary N) is 2. The Bertz CT molecular complexity index is 1890. The molecule has 1 atom stereocenters. The van der Waals surface area contributed by atoms with E-state index in [1.807, 2.05) is 12.1 Å². The number of amides is 1. The van der Waals surface area contributed by atoms with Gasteiger partial charge in [-0.25, -0.2) is 4.39 Å². The molecule has 0 aliphatic carbocycles. The normalized spacial score (nSPS) is 15.3. The van der Waals surface area contributed by atoms with Crippen LogP contribution in [0.25, 0.3) is 0 Å². The first kappa shape index (κ1) is 38.6. The summed E-state index contributed by atoms with van der Waals surface area (Å²) in [7, 11) is 5.10. The molecule has 6 rings (SSSR count). The van der Waals surface area contributed by atoms with Crippen LogP contribution < -0.4 is 24.8 Å². The number of hydrogen-bond donors (Lipinski definition) is 2. The summed E-state index contributed by atoms with van der Waals surface area (Å²) >= 11 is 0. The van der Waals surface area contributed by atoms with Crippen LogP contribution in [0.2, 0.25) is 0 Å². The minimum absolute atomic E-state index is 0.0129. The van der Waals surface area contributed by atoms with Crippen molar-refractivity contribution in [2.24, 2.45) is 0 Å². The van der Waals surface area contributed by atoms with Crippen molar-refractivity contribution in [3.63, 3.8) is 0 Å². The van der Waals surface area contributed by atoms with Crippen LogP contribution in [0.3, 0.4) is 0 Å². The summed E-state index contributed by atoms with van der Waals surface area (Å²) < 4.78 is 30.4. The maximum absolute atomic E-state index is 13.4. The van der Waals surface area contributed by atoms with Crippen LogP contribution in [0.5, 0.6) is 17.2 Å². The molecule has 0 radical (unpaired) electrons. The number of rotatable bonds is 18. The number of hydrogen-bond acceptors (Lipinski definition) is 5. The largest absolute Gasteiger partial charge is 0.497 e. The molecule has 6 nitrogen and oxygen atoms in total. The lowest BCUT2D eigenvalue weighted by Crippen LogP contribution is -2.49. The molecular formula is C47H53FN2O4. The van der Waals surface area contributed by atoms with Crippen molar-refractivity contribution in [2.45, 2.75) is 68.7 Å². The quantitative estimate of drug-likeness (QED) is 0.0882. The van der Waals surface area contributed by atoms with Gasteiger partial charge < -0.3 is 24.8 Å². The number of aryl methyl sites for hydroxylation is 1. The Hall–Kier alpha value is -5.14. The van der Waals surface area contributed by atoms with Crippen LogP contribution in [0.15, 0.2) is 121 Å². The Morgan fingerprint density at radius 3 is 2.00 bits per heavy atom. The molecule has 1 amide bonds. The molecule has 0 saturated heterocycles. The monoisotopic (exact) mass is 728 g/mol. The van der Waals surface area contributed by atoms with E-state index in [0.29, 0.717) is 19.4 Å². The first-order valence-electron chi connectivity index (χ1n) is 19.1. The van der Waals surface area contributed by atoms with Gasteiger partial charge >= 0.3 is 0 Å². The zero-order valence-corrected chi connectivity index (χ0v) is 31.8. The number of benzene rings is 5. The summed E-state index contributed by atoms with van der Waals surface area (Å²) in [6.45, 7) is 1.45. The minimum atomic E-state index is -0.334. The second-order valence-corrected chi connectivity index (χ2v) is 14.4. The van der Waals surface area contributed by atoms with E-state index in [1.54, 1.807) is 33.5 Å². The Labute approximate surface area is 320 Å². The smallest absolute Gasteiger partial charge is 0.220 e. The summed E-state index contributed by atoms with van der Waals surface area (Å²) in [4.78, 5) is 12.9. The van der Waals surface area contributed by atoms with Gasteiger partial charge in [0, 0.05) is 30.5 Å². The van der Waals surface area contributed by atoms with Gasteiger partial charge in [0.25, 0.3) is 0 Å². The Balaban J connectivity index is 1.26. The van der Waals surface area contributed by atoms with Crippen molar-refractivity contribution < 1.29 is 23.4 Å². The summed E-state index contributed by atoms with van der Waals surface area (Å²) in [6.07, 6.45) is 7.15. The molecule has 0 bridgehead atoms. The summed E-state index contributed by atoms with van der Waals surface area (Å²) in [5.74, 6) is 2.08. The Morgan fingerprint density at radius 2 is 1.37 bits per heavy atom. The van der Waals surface area contributed by atoms with Gasteiger partial charge in [-0.2, -0.15) is 0 Å². The molecule has 2 N–H and O–H groups in total. The third-order valence-corrected chi connectivity index (χ3v) is 11.2. The van der Waals surface area contributed by atoms with Crippen molar-refractivity contribution in [3.8, 4) is 17.2 Å². The van der Waals surface area contributed by atoms with E-state index in [0.717, 1.165) is 74.3 Å². The fraction of sp³-hybridized carbons (Fsp3) is 0.340. The zero-order valence-electron chi connectivity index (χ0n) is 31.8. The highest BCUT2D eigenvalue weighted by Gasteiger charge is 2.40. The van der Waals surface area contributed by atoms with Crippen LogP contribution in [0.1, 0.15) is 71.9 Å². The van der Waals surface area contributed by atoms with Crippen molar-refractivity contribution in [1.29, 1.82) is 0 Å². The van der Waals surface area contributed by atoms with E-state index in [1.165, 1.54) is 39.9 Å². The third kappa shape index (κ3) is 9.14. The lowest BCUT2D eigenvalue weighted by molar-refractivity contribution is -0.121. The van der Waals surface area contributed by atoms with Crippen LogP contribution in [-0.4, -0.2) is 40.3 Å². The standard InChI is InChI=1S/C47H53FN2O4/c1-52-41-23-18-36(19-24-41)34-47(42-33-44(54-3)43(53-2)32-37(42)26-31-50-47)29-10-27-46(38-12-6-4-7-13-38,39-14-8-5-9-15-39)28-11-30-49-45(51)25-20-35-16-21-40(48)22-17-35/h4-9,12-19,21-24,32-33,50H,10-11,20,25-31,34H2,1-3H3,(H,49,51). The molecule has 0 saturated carbocycles. The predicted molar refractivity (Wildman–Crippen MR) is 214 cm³/mol. The number of carbonyl (C=O) groups excluding carboxylic acids is 1. The maximum Gasteiger partial charge on any atom is 0.220 e. The molecule has 7 heteroatoms. The molecular weight excluding hydrogens is 676 g/mol. The van der Waals surface area contributed by atoms with E-state index in [2.05, 4.69) is 95.6 Å². The fourth-order valence-corrected chi connectivity index (χ4v) is 8.36. The third-order valence-electron chi connectivity index (χ3n) is 11.2. The highest BCUT2D eigenvalue weighted by Crippen LogP contribution is 2.45. The summed E-state index contributed by atoms with van der Waals surface area (Å²) in [5, 5.41) is 7.18. The minimum Gasteiger partial charge on any atom is -0.497 e. The number of fused-ring (bicyclic) bond motifs is 1. The number of ether oxygens (including phenoxy) is 3. The van der Waals surface area contributed by atoms with Crippen LogP contribution in [-0.2, 0) is 35.0 Å². The van der Waals surface area contributed by atoms with Gasteiger partial charge in [0.05, 0.1) is 21.3 Å². The topological polar surface area (TPSA) is 68.8 Å². The molecule has 5 aromatic rings. The highest BCUT2D eigenvalue weighted by atomic mass is 19.1. The second-order valence-electron chi connectivity index (χ2n) is 14.4. The van der Waals surface area contributed by atoms with E-state index in [9.17, 15) is 9.18 Å². The van der Waals surface area contributed by atoms with Gasteiger partial charge in [-0.15, -0.1) is 0 Å². The summed E-state index contributed by atoms with van der Waals surface area (Å²) in [6, 6.07) is 40.8. The Morgan fingerprint density at radius 1 is 0.759 bits per heavy atom. The van der Waals surface area contributed by atoms with Crippen molar-refractivity contribution in [2.75, 3.05) is 34.4 Å². The van der Waals surface area contributed by atoms with E-state index in [-0.39, 0.29) is 22.7 Å². The maximum atomic E-state index is 13.4. The molecule has 1 aliphatic rings. The lowest BCUT2D eigenvalue weighted by Gasteiger charge is -2.43. The van der Waals surface area contributed by atoms with Crippen LogP contribution in [0, 0.1) is 5.82 Å². The lowest BCUT2D eigenvalue weighted by atomic mass is 9.66. The van der Waals surface area contributed by atoms with Crippen molar-refractivity contribution >= 4 is 5.91 Å². The molecule has 0 spiro atoms. The van der Waals surface area contributed by atoms with Gasteiger partial charge in [0.15, 0.2) is 11.5 Å². The molecule has 1 unspecified atom stereocenters. The van der Waals surface area contributed by atoms with Crippen molar-refractivity contribution in [1.82, 2.24) is 10.6 Å².